The summed E-state index contributed by atoms with van der Waals surface area (Å²) in [6, 6.07) is 9.64. The standard InChI is InChI=1S/C16H16N6O3/c1-20-15(14(11-19-20)22(24)25)16(23)17-9-7-12-3-5-13(6-4-12)21-10-2-8-18-21/h2-6,8,10-11H,7,9H2,1H3,(H,17,23). The van der Waals surface area contributed by atoms with E-state index in [0.717, 1.165) is 17.4 Å². The van der Waals surface area contributed by atoms with Gasteiger partial charge in [0.25, 0.3) is 5.91 Å². The third-order valence-electron chi connectivity index (χ3n) is 3.74. The van der Waals surface area contributed by atoms with E-state index in [-0.39, 0.29) is 11.4 Å². The van der Waals surface area contributed by atoms with Gasteiger partial charge >= 0.3 is 5.69 Å². The summed E-state index contributed by atoms with van der Waals surface area (Å²) < 4.78 is 2.96. The van der Waals surface area contributed by atoms with Crippen LogP contribution in [0.25, 0.3) is 5.69 Å². The zero-order chi connectivity index (χ0) is 17.8. The van der Waals surface area contributed by atoms with Crippen LogP contribution >= 0.6 is 0 Å². The Bertz CT molecular complexity index is 883. The van der Waals surface area contributed by atoms with E-state index in [9.17, 15) is 14.9 Å². The summed E-state index contributed by atoms with van der Waals surface area (Å²) in [6.07, 6.45) is 5.25. The molecular weight excluding hydrogens is 324 g/mol. The number of carbonyl (C=O) groups is 1. The Hall–Kier alpha value is -3.49. The van der Waals surface area contributed by atoms with Crippen LogP contribution in [-0.4, -0.2) is 36.9 Å². The molecule has 0 saturated heterocycles. The second-order valence-corrected chi connectivity index (χ2v) is 5.38. The van der Waals surface area contributed by atoms with E-state index in [0.29, 0.717) is 13.0 Å². The van der Waals surface area contributed by atoms with Crippen molar-refractivity contribution in [2.75, 3.05) is 6.54 Å². The highest BCUT2D eigenvalue weighted by Gasteiger charge is 2.24. The molecule has 2 aromatic heterocycles. The van der Waals surface area contributed by atoms with E-state index in [1.165, 1.54) is 11.7 Å². The highest BCUT2D eigenvalue weighted by atomic mass is 16.6. The number of nitrogens with zero attached hydrogens (tertiary/aromatic N) is 5. The summed E-state index contributed by atoms with van der Waals surface area (Å²) in [5.74, 6) is -0.514. The largest absolute Gasteiger partial charge is 0.350 e. The number of hydrogen-bond acceptors (Lipinski definition) is 5. The Morgan fingerprint density at radius 1 is 1.28 bits per heavy atom. The van der Waals surface area contributed by atoms with E-state index in [2.05, 4.69) is 15.5 Å². The molecule has 0 aliphatic rings. The van der Waals surface area contributed by atoms with Gasteiger partial charge in [-0.2, -0.15) is 10.2 Å². The molecule has 0 atom stereocenters. The molecule has 9 nitrogen and oxygen atoms in total. The van der Waals surface area contributed by atoms with Gasteiger partial charge in [0.2, 0.25) is 5.69 Å². The van der Waals surface area contributed by atoms with Crippen molar-refractivity contribution in [1.82, 2.24) is 24.9 Å². The number of nitrogens with one attached hydrogen (secondary N) is 1. The first kappa shape index (κ1) is 16.4. The fourth-order valence-electron chi connectivity index (χ4n) is 2.46. The van der Waals surface area contributed by atoms with E-state index >= 15 is 0 Å². The van der Waals surface area contributed by atoms with Crippen LogP contribution in [0.3, 0.4) is 0 Å². The maximum atomic E-state index is 12.2. The smallest absolute Gasteiger partial charge is 0.320 e. The number of hydrogen-bond donors (Lipinski definition) is 1. The first-order valence-corrected chi connectivity index (χ1v) is 7.60. The first-order chi connectivity index (χ1) is 12.1. The fraction of sp³-hybridized carbons (Fsp3) is 0.188. The zero-order valence-corrected chi connectivity index (χ0v) is 13.5. The molecule has 0 unspecified atom stereocenters. The number of aromatic nitrogens is 4. The van der Waals surface area contributed by atoms with Gasteiger partial charge in [-0.15, -0.1) is 0 Å². The summed E-state index contributed by atoms with van der Waals surface area (Å²) in [6.45, 7) is 0.363. The lowest BCUT2D eigenvalue weighted by Gasteiger charge is -2.07. The Kier molecular flexibility index (Phi) is 4.55. The minimum absolute atomic E-state index is 0.0565. The SMILES string of the molecule is Cn1ncc([N+](=O)[O-])c1C(=O)NCCc1ccc(-n2cccn2)cc1. The topological polar surface area (TPSA) is 108 Å². The Morgan fingerprint density at radius 2 is 2.04 bits per heavy atom. The van der Waals surface area contributed by atoms with Gasteiger partial charge in [0.1, 0.15) is 6.20 Å². The summed E-state index contributed by atoms with van der Waals surface area (Å²) in [7, 11) is 1.50. The van der Waals surface area contributed by atoms with Crippen molar-refractivity contribution in [3.63, 3.8) is 0 Å². The molecule has 0 aliphatic carbocycles. The summed E-state index contributed by atoms with van der Waals surface area (Å²) in [5, 5.41) is 21.5. The van der Waals surface area contributed by atoms with Crippen molar-refractivity contribution >= 4 is 11.6 Å². The number of amides is 1. The van der Waals surface area contributed by atoms with E-state index in [1.807, 2.05) is 36.5 Å². The highest BCUT2D eigenvalue weighted by Crippen LogP contribution is 2.16. The Balaban J connectivity index is 1.59. The molecule has 128 valence electrons. The predicted octanol–water partition coefficient (Wildman–Crippen LogP) is 1.49. The molecular formula is C16H16N6O3. The normalized spacial score (nSPS) is 10.6. The molecule has 9 heteroatoms. The van der Waals surface area contributed by atoms with Crippen molar-refractivity contribution in [1.29, 1.82) is 0 Å². The second-order valence-electron chi connectivity index (χ2n) is 5.38. The zero-order valence-electron chi connectivity index (χ0n) is 13.5. The monoisotopic (exact) mass is 340 g/mol. The van der Waals surface area contributed by atoms with E-state index < -0.39 is 10.8 Å². The second kappa shape index (κ2) is 6.95. The van der Waals surface area contributed by atoms with Crippen LogP contribution in [0.15, 0.2) is 48.9 Å². The molecule has 0 bridgehead atoms. The minimum Gasteiger partial charge on any atom is -0.350 e. The molecule has 0 radical (unpaired) electrons. The lowest BCUT2D eigenvalue weighted by Crippen LogP contribution is -2.28. The molecule has 1 aromatic carbocycles. The molecule has 3 rings (SSSR count). The third-order valence-corrected chi connectivity index (χ3v) is 3.74. The van der Waals surface area contributed by atoms with Crippen molar-refractivity contribution in [2.45, 2.75) is 6.42 Å². The first-order valence-electron chi connectivity index (χ1n) is 7.60. The number of benzene rings is 1. The molecule has 0 spiro atoms. The summed E-state index contributed by atoms with van der Waals surface area (Å²) >= 11 is 0. The van der Waals surface area contributed by atoms with Gasteiger partial charge in [-0.1, -0.05) is 12.1 Å². The molecule has 25 heavy (non-hydrogen) atoms. The maximum Gasteiger partial charge on any atom is 0.320 e. The van der Waals surface area contributed by atoms with Gasteiger partial charge in [-0.05, 0) is 30.2 Å². The van der Waals surface area contributed by atoms with E-state index in [1.54, 1.807) is 10.9 Å². The van der Waals surface area contributed by atoms with Crippen LogP contribution in [0.4, 0.5) is 5.69 Å². The van der Waals surface area contributed by atoms with Crippen molar-refractivity contribution in [2.24, 2.45) is 7.05 Å². The lowest BCUT2D eigenvalue weighted by atomic mass is 10.1. The van der Waals surface area contributed by atoms with Crippen LogP contribution < -0.4 is 5.32 Å². The van der Waals surface area contributed by atoms with Gasteiger partial charge < -0.3 is 5.32 Å². The molecule has 1 amide bonds. The molecule has 2 heterocycles. The van der Waals surface area contributed by atoms with Crippen LogP contribution in [0.2, 0.25) is 0 Å². The van der Waals surface area contributed by atoms with Gasteiger partial charge in [0.15, 0.2) is 0 Å². The van der Waals surface area contributed by atoms with Crippen LogP contribution in [-0.2, 0) is 13.5 Å². The Morgan fingerprint density at radius 3 is 2.68 bits per heavy atom. The number of nitro groups is 1. The molecule has 3 aromatic rings. The van der Waals surface area contributed by atoms with Crippen LogP contribution in [0.1, 0.15) is 16.1 Å². The van der Waals surface area contributed by atoms with Gasteiger partial charge in [-0.25, -0.2) is 4.68 Å². The summed E-state index contributed by atoms with van der Waals surface area (Å²) in [4.78, 5) is 22.5. The third kappa shape index (κ3) is 3.55. The molecule has 0 saturated carbocycles. The van der Waals surface area contributed by atoms with Crippen LogP contribution in [0.5, 0.6) is 0 Å². The Labute approximate surface area is 143 Å². The van der Waals surface area contributed by atoms with Gasteiger partial charge in [0.05, 0.1) is 10.6 Å². The van der Waals surface area contributed by atoms with Crippen molar-refractivity contribution < 1.29 is 9.72 Å². The predicted molar refractivity (Wildman–Crippen MR) is 89.5 cm³/mol. The maximum absolute atomic E-state index is 12.2. The average Bonchev–Trinajstić information content (AvgIpc) is 3.25. The number of aryl methyl sites for hydroxylation is 1. The average molecular weight is 340 g/mol. The molecule has 0 aliphatic heterocycles. The number of carbonyl (C=O) groups excluding carboxylic acids is 1. The number of rotatable bonds is 6. The quantitative estimate of drug-likeness (QED) is 0.540. The van der Waals surface area contributed by atoms with Crippen LogP contribution in [0, 0.1) is 10.1 Å². The fourth-order valence-corrected chi connectivity index (χ4v) is 2.46. The minimum atomic E-state index is -0.615. The van der Waals surface area contributed by atoms with Crippen molar-refractivity contribution in [3.05, 3.63) is 70.3 Å². The molecule has 0 fully saturated rings. The lowest BCUT2D eigenvalue weighted by molar-refractivity contribution is -0.385. The summed E-state index contributed by atoms with van der Waals surface area (Å²) in [5.41, 5.74) is 1.63. The highest BCUT2D eigenvalue weighted by molar-refractivity contribution is 5.96. The van der Waals surface area contributed by atoms with Gasteiger partial charge in [-0.3, -0.25) is 19.6 Å². The van der Waals surface area contributed by atoms with Gasteiger partial charge in [0, 0.05) is 26.0 Å². The van der Waals surface area contributed by atoms with E-state index in [4.69, 9.17) is 0 Å². The molecule has 1 N–H and O–H groups in total. The van der Waals surface area contributed by atoms with Crippen molar-refractivity contribution in [3.8, 4) is 5.69 Å².